The monoisotopic (exact) mass is 257 g/mol. The maximum atomic E-state index is 5.85. The summed E-state index contributed by atoms with van der Waals surface area (Å²) in [4.78, 5) is 4.00. The third-order valence-electron chi connectivity index (χ3n) is 3.22. The highest BCUT2D eigenvalue weighted by molar-refractivity contribution is 7.80. The minimum Gasteiger partial charge on any atom is -0.491 e. The Balaban J connectivity index is 1.95. The maximum absolute atomic E-state index is 5.85. The van der Waals surface area contributed by atoms with Gasteiger partial charge in [0.1, 0.15) is 5.75 Å². The Bertz CT molecular complexity index is 353. The standard InChI is InChI=1S/C12H16ClNOS/c13-10-5-11(7-14-6-10)15-8-12(9-16)3-1-2-4-12/h5-7,16H,1-4,8-9H2. The van der Waals surface area contributed by atoms with Crippen LogP contribution in [-0.4, -0.2) is 17.3 Å². The van der Waals surface area contributed by atoms with E-state index in [1.807, 2.05) is 0 Å². The van der Waals surface area contributed by atoms with Crippen LogP contribution in [0.3, 0.4) is 0 Å². The quantitative estimate of drug-likeness (QED) is 0.833. The molecule has 1 heterocycles. The number of hydrogen-bond donors (Lipinski definition) is 1. The maximum Gasteiger partial charge on any atom is 0.139 e. The minimum absolute atomic E-state index is 0.255. The molecule has 0 spiro atoms. The second kappa shape index (κ2) is 5.28. The van der Waals surface area contributed by atoms with Gasteiger partial charge >= 0.3 is 0 Å². The highest BCUT2D eigenvalue weighted by Gasteiger charge is 2.33. The molecule has 0 aromatic carbocycles. The van der Waals surface area contributed by atoms with E-state index >= 15 is 0 Å². The van der Waals surface area contributed by atoms with Crippen molar-refractivity contribution in [3.05, 3.63) is 23.5 Å². The first kappa shape index (κ1) is 12.1. The summed E-state index contributed by atoms with van der Waals surface area (Å²) in [5, 5.41) is 0.615. The fraction of sp³-hybridized carbons (Fsp3) is 0.583. The molecule has 0 aliphatic heterocycles. The Labute approximate surface area is 107 Å². The molecule has 2 nitrogen and oxygen atoms in total. The van der Waals surface area contributed by atoms with Crippen molar-refractivity contribution >= 4 is 24.2 Å². The van der Waals surface area contributed by atoms with Gasteiger partial charge in [-0.3, -0.25) is 4.98 Å². The molecule has 0 atom stereocenters. The summed E-state index contributed by atoms with van der Waals surface area (Å²) in [5.74, 6) is 1.64. The lowest BCUT2D eigenvalue weighted by Gasteiger charge is -2.26. The van der Waals surface area contributed by atoms with Crippen LogP contribution in [0.2, 0.25) is 5.02 Å². The molecule has 4 heteroatoms. The topological polar surface area (TPSA) is 22.1 Å². The molecule has 0 N–H and O–H groups in total. The fourth-order valence-corrected chi connectivity index (χ4v) is 2.75. The fourth-order valence-electron chi connectivity index (χ4n) is 2.18. The number of thiol groups is 1. The van der Waals surface area contributed by atoms with E-state index in [0.29, 0.717) is 5.02 Å². The van der Waals surface area contributed by atoms with Gasteiger partial charge in [0.15, 0.2) is 0 Å². The Kier molecular flexibility index (Phi) is 3.98. The second-order valence-electron chi connectivity index (χ2n) is 4.49. The van der Waals surface area contributed by atoms with Gasteiger partial charge in [0, 0.05) is 17.7 Å². The van der Waals surface area contributed by atoms with Crippen molar-refractivity contribution in [1.29, 1.82) is 0 Å². The van der Waals surface area contributed by atoms with Crippen LogP contribution in [0.5, 0.6) is 5.75 Å². The number of rotatable bonds is 4. The van der Waals surface area contributed by atoms with Crippen molar-refractivity contribution < 1.29 is 4.74 Å². The summed E-state index contributed by atoms with van der Waals surface area (Å²) in [6.07, 6.45) is 8.32. The second-order valence-corrected chi connectivity index (χ2v) is 5.25. The Morgan fingerprint density at radius 2 is 2.12 bits per heavy atom. The summed E-state index contributed by atoms with van der Waals surface area (Å²) in [6.45, 7) is 0.721. The Morgan fingerprint density at radius 1 is 1.38 bits per heavy atom. The first-order valence-electron chi connectivity index (χ1n) is 5.58. The van der Waals surface area contributed by atoms with Crippen molar-refractivity contribution in [3.63, 3.8) is 0 Å². The van der Waals surface area contributed by atoms with Crippen LogP contribution in [0.4, 0.5) is 0 Å². The average molecular weight is 258 g/mol. The zero-order chi connectivity index (χ0) is 11.4. The van der Waals surface area contributed by atoms with E-state index in [9.17, 15) is 0 Å². The summed E-state index contributed by atoms with van der Waals surface area (Å²) < 4.78 is 5.77. The van der Waals surface area contributed by atoms with E-state index in [2.05, 4.69) is 17.6 Å². The first-order valence-corrected chi connectivity index (χ1v) is 6.59. The number of aromatic nitrogens is 1. The van der Waals surface area contributed by atoms with Crippen LogP contribution in [0.25, 0.3) is 0 Å². The van der Waals surface area contributed by atoms with Gasteiger partial charge in [0.05, 0.1) is 17.8 Å². The van der Waals surface area contributed by atoms with Gasteiger partial charge in [-0.1, -0.05) is 24.4 Å². The van der Waals surface area contributed by atoms with E-state index in [-0.39, 0.29) is 5.41 Å². The minimum atomic E-state index is 0.255. The van der Waals surface area contributed by atoms with E-state index < -0.39 is 0 Å². The van der Waals surface area contributed by atoms with E-state index in [4.69, 9.17) is 16.3 Å². The van der Waals surface area contributed by atoms with Gasteiger partial charge in [-0.2, -0.15) is 12.6 Å². The van der Waals surface area contributed by atoms with Crippen LogP contribution in [0.1, 0.15) is 25.7 Å². The number of hydrogen-bond acceptors (Lipinski definition) is 3. The summed E-state index contributed by atoms with van der Waals surface area (Å²) in [7, 11) is 0. The third-order valence-corrected chi connectivity index (χ3v) is 4.10. The lowest BCUT2D eigenvalue weighted by atomic mass is 9.90. The van der Waals surface area contributed by atoms with Crippen LogP contribution < -0.4 is 4.74 Å². The van der Waals surface area contributed by atoms with E-state index in [1.54, 1.807) is 18.5 Å². The van der Waals surface area contributed by atoms with Gasteiger partial charge in [-0.25, -0.2) is 0 Å². The van der Waals surface area contributed by atoms with Gasteiger partial charge < -0.3 is 4.74 Å². The molecule has 1 aliphatic rings. The first-order chi connectivity index (χ1) is 7.74. The molecule has 0 unspecified atom stereocenters. The van der Waals surface area contributed by atoms with Crippen molar-refractivity contribution in [2.24, 2.45) is 5.41 Å². The highest BCUT2D eigenvalue weighted by Crippen LogP contribution is 2.39. The summed E-state index contributed by atoms with van der Waals surface area (Å²) >= 11 is 10.3. The molecule has 1 saturated carbocycles. The molecule has 2 rings (SSSR count). The van der Waals surface area contributed by atoms with Crippen LogP contribution in [0.15, 0.2) is 18.5 Å². The smallest absolute Gasteiger partial charge is 0.139 e. The molecule has 0 amide bonds. The third kappa shape index (κ3) is 2.83. The SMILES string of the molecule is SCC1(COc2cncc(Cl)c2)CCCC1. The molecular weight excluding hydrogens is 242 g/mol. The summed E-state index contributed by atoms with van der Waals surface area (Å²) in [6, 6.07) is 1.80. The van der Waals surface area contributed by atoms with Crippen LogP contribution in [-0.2, 0) is 0 Å². The molecule has 1 fully saturated rings. The molecular formula is C12H16ClNOS. The molecule has 88 valence electrons. The Hall–Kier alpha value is -0.410. The molecule has 1 aliphatic carbocycles. The normalized spacial score (nSPS) is 18.6. The van der Waals surface area contributed by atoms with Crippen molar-refractivity contribution in [3.8, 4) is 5.75 Å². The molecule has 1 aromatic heterocycles. The predicted molar refractivity (Wildman–Crippen MR) is 69.5 cm³/mol. The number of halogens is 1. The van der Waals surface area contributed by atoms with Gasteiger partial charge in [-0.05, 0) is 18.6 Å². The zero-order valence-corrected chi connectivity index (χ0v) is 10.8. The van der Waals surface area contributed by atoms with Gasteiger partial charge in [0.2, 0.25) is 0 Å². The molecule has 0 saturated heterocycles. The van der Waals surface area contributed by atoms with Crippen molar-refractivity contribution in [2.45, 2.75) is 25.7 Å². The molecule has 1 aromatic rings. The molecule has 0 radical (unpaired) electrons. The van der Waals surface area contributed by atoms with Crippen molar-refractivity contribution in [1.82, 2.24) is 4.98 Å². The lowest BCUT2D eigenvalue weighted by molar-refractivity contribution is 0.172. The van der Waals surface area contributed by atoms with Crippen molar-refractivity contribution in [2.75, 3.05) is 12.4 Å². The average Bonchev–Trinajstić information content (AvgIpc) is 2.76. The highest BCUT2D eigenvalue weighted by atomic mass is 35.5. The van der Waals surface area contributed by atoms with E-state index in [0.717, 1.165) is 18.1 Å². The number of pyridine rings is 1. The number of ether oxygens (including phenoxy) is 1. The lowest BCUT2D eigenvalue weighted by Crippen LogP contribution is -2.27. The van der Waals surface area contributed by atoms with Crippen LogP contribution >= 0.6 is 24.2 Å². The Morgan fingerprint density at radius 3 is 2.75 bits per heavy atom. The molecule has 16 heavy (non-hydrogen) atoms. The zero-order valence-electron chi connectivity index (χ0n) is 9.16. The van der Waals surface area contributed by atoms with Gasteiger partial charge in [0.25, 0.3) is 0 Å². The summed E-state index contributed by atoms with van der Waals surface area (Å²) in [5.41, 5.74) is 0.255. The van der Waals surface area contributed by atoms with E-state index in [1.165, 1.54) is 25.7 Å². The van der Waals surface area contributed by atoms with Gasteiger partial charge in [-0.15, -0.1) is 0 Å². The molecule has 0 bridgehead atoms. The predicted octanol–water partition coefficient (Wildman–Crippen LogP) is 3.60. The largest absolute Gasteiger partial charge is 0.491 e. The number of nitrogens with zero attached hydrogens (tertiary/aromatic N) is 1. The van der Waals surface area contributed by atoms with Crippen LogP contribution in [0, 0.1) is 5.41 Å².